The summed E-state index contributed by atoms with van der Waals surface area (Å²) in [6.45, 7) is 0.819. The molecule has 0 fully saturated rings. The van der Waals surface area contributed by atoms with Gasteiger partial charge in [0.1, 0.15) is 6.54 Å². The van der Waals surface area contributed by atoms with Gasteiger partial charge >= 0.3 is 17.7 Å². The van der Waals surface area contributed by atoms with Crippen molar-refractivity contribution in [1.29, 1.82) is 0 Å². The van der Waals surface area contributed by atoms with Crippen molar-refractivity contribution < 1.29 is 19.1 Å². The van der Waals surface area contributed by atoms with Crippen molar-refractivity contribution in [2.24, 2.45) is 0 Å². The molecular formula is C22H22N4O6. The number of hydrogen-bond donors (Lipinski definition) is 2. The predicted octanol–water partition coefficient (Wildman–Crippen LogP) is 0.752. The minimum atomic E-state index is -0.863. The van der Waals surface area contributed by atoms with Gasteiger partial charge in [0.2, 0.25) is 0 Å². The quantitative estimate of drug-likeness (QED) is 0.524. The first kappa shape index (κ1) is 22.5. The molecule has 1 heterocycles. The predicted molar refractivity (Wildman–Crippen MR) is 116 cm³/mol. The van der Waals surface area contributed by atoms with E-state index < -0.39 is 42.3 Å². The molecule has 0 aliphatic rings. The molecule has 1 aromatic heterocycles. The molecule has 2 N–H and O–H groups in total. The number of rotatable bonds is 7. The van der Waals surface area contributed by atoms with Gasteiger partial charge < -0.3 is 10.1 Å². The summed E-state index contributed by atoms with van der Waals surface area (Å²) in [5, 5.41) is 4.86. The first-order valence-electron chi connectivity index (χ1n) is 9.90. The van der Waals surface area contributed by atoms with Crippen LogP contribution < -0.4 is 21.9 Å². The third kappa shape index (κ3) is 5.28. The standard InChI is InChI=1S/C22H22N4O6/c1-2-25-20(29)16-10-6-7-11-17(16)26(22(25)31)13-19(28)32-14-18(27)24-21(30)23-12-15-8-4-3-5-9-15/h3-11H,2,12-14H2,1H3,(H2,23,24,27,30). The van der Waals surface area contributed by atoms with Crippen LogP contribution in [-0.2, 0) is 34.0 Å². The Balaban J connectivity index is 1.59. The fraction of sp³-hybridized carbons (Fsp3) is 0.227. The van der Waals surface area contributed by atoms with Gasteiger partial charge in [-0.3, -0.25) is 28.8 Å². The highest BCUT2D eigenvalue weighted by molar-refractivity contribution is 5.95. The van der Waals surface area contributed by atoms with Crippen molar-refractivity contribution in [2.45, 2.75) is 26.6 Å². The van der Waals surface area contributed by atoms with Gasteiger partial charge in [0.15, 0.2) is 6.61 Å². The first-order chi connectivity index (χ1) is 15.4. The molecule has 0 spiro atoms. The molecule has 166 valence electrons. The summed E-state index contributed by atoms with van der Waals surface area (Å²) < 4.78 is 7.03. The number of carbonyl (C=O) groups is 3. The normalized spacial score (nSPS) is 10.5. The molecule has 3 amide bonds. The molecule has 0 saturated carbocycles. The van der Waals surface area contributed by atoms with Crippen molar-refractivity contribution in [2.75, 3.05) is 6.61 Å². The van der Waals surface area contributed by atoms with Crippen LogP contribution in [0.15, 0.2) is 64.2 Å². The molecule has 0 unspecified atom stereocenters. The second-order valence-corrected chi connectivity index (χ2v) is 6.81. The van der Waals surface area contributed by atoms with E-state index in [2.05, 4.69) is 10.6 Å². The van der Waals surface area contributed by atoms with E-state index in [-0.39, 0.29) is 24.0 Å². The Labute approximate surface area is 182 Å². The maximum Gasteiger partial charge on any atom is 0.332 e. The number of fused-ring (bicyclic) bond motifs is 1. The maximum absolute atomic E-state index is 12.6. The second kappa shape index (κ2) is 10.2. The number of imide groups is 1. The molecule has 0 bridgehead atoms. The van der Waals surface area contributed by atoms with Crippen molar-refractivity contribution in [1.82, 2.24) is 19.8 Å². The minimum Gasteiger partial charge on any atom is -0.454 e. The molecule has 3 aromatic rings. The Morgan fingerprint density at radius 3 is 2.34 bits per heavy atom. The number of ether oxygens (including phenoxy) is 1. The van der Waals surface area contributed by atoms with Crippen LogP contribution in [0.3, 0.4) is 0 Å². The highest BCUT2D eigenvalue weighted by Crippen LogP contribution is 2.07. The van der Waals surface area contributed by atoms with Gasteiger partial charge in [-0.2, -0.15) is 0 Å². The Bertz CT molecular complexity index is 1260. The van der Waals surface area contributed by atoms with Crippen molar-refractivity contribution in [3.63, 3.8) is 0 Å². The Morgan fingerprint density at radius 1 is 0.938 bits per heavy atom. The van der Waals surface area contributed by atoms with Gasteiger partial charge in [0.05, 0.1) is 10.9 Å². The maximum atomic E-state index is 12.6. The monoisotopic (exact) mass is 438 g/mol. The van der Waals surface area contributed by atoms with Crippen LogP contribution >= 0.6 is 0 Å². The molecule has 0 atom stereocenters. The van der Waals surface area contributed by atoms with Crippen molar-refractivity contribution in [3.05, 3.63) is 81.0 Å². The number of para-hydroxylation sites is 1. The first-order valence-corrected chi connectivity index (χ1v) is 9.90. The largest absolute Gasteiger partial charge is 0.454 e. The number of nitrogens with zero attached hydrogens (tertiary/aromatic N) is 2. The SMILES string of the molecule is CCn1c(=O)c2ccccc2n(CC(=O)OCC(=O)NC(=O)NCc2ccccc2)c1=O. The summed E-state index contributed by atoms with van der Waals surface area (Å²) in [6.07, 6.45) is 0. The molecule has 0 aliphatic carbocycles. The van der Waals surface area contributed by atoms with E-state index >= 15 is 0 Å². The van der Waals surface area contributed by atoms with E-state index in [0.29, 0.717) is 0 Å². The summed E-state index contributed by atoms with van der Waals surface area (Å²) in [6, 6.07) is 14.8. The zero-order chi connectivity index (χ0) is 23.1. The molecule has 32 heavy (non-hydrogen) atoms. The average molecular weight is 438 g/mol. The lowest BCUT2D eigenvalue weighted by Crippen LogP contribution is -2.42. The van der Waals surface area contributed by atoms with Gasteiger partial charge in [0, 0.05) is 13.1 Å². The summed E-state index contributed by atoms with van der Waals surface area (Å²) in [7, 11) is 0. The zero-order valence-electron chi connectivity index (χ0n) is 17.4. The summed E-state index contributed by atoms with van der Waals surface area (Å²) in [5.41, 5.74) is 0.0398. The number of aromatic nitrogens is 2. The molecule has 2 aromatic carbocycles. The van der Waals surface area contributed by atoms with Gasteiger partial charge in [-0.15, -0.1) is 0 Å². The zero-order valence-corrected chi connectivity index (χ0v) is 17.4. The van der Waals surface area contributed by atoms with E-state index in [4.69, 9.17) is 4.74 Å². The average Bonchev–Trinajstić information content (AvgIpc) is 2.80. The van der Waals surface area contributed by atoms with Gasteiger partial charge in [0.25, 0.3) is 11.5 Å². The van der Waals surface area contributed by atoms with Gasteiger partial charge in [-0.1, -0.05) is 42.5 Å². The Hall–Kier alpha value is -4.21. The number of hydrogen-bond acceptors (Lipinski definition) is 6. The summed E-state index contributed by atoms with van der Waals surface area (Å²) in [4.78, 5) is 61.0. The van der Waals surface area contributed by atoms with Crippen LogP contribution in [0.2, 0.25) is 0 Å². The highest BCUT2D eigenvalue weighted by atomic mass is 16.5. The Kier molecular flexibility index (Phi) is 7.17. The lowest BCUT2D eigenvalue weighted by molar-refractivity contribution is -0.148. The van der Waals surface area contributed by atoms with Crippen LogP contribution in [-0.4, -0.2) is 33.6 Å². The minimum absolute atomic E-state index is 0.137. The van der Waals surface area contributed by atoms with Crippen LogP contribution in [0.1, 0.15) is 12.5 Å². The molecule has 10 nitrogen and oxygen atoms in total. The van der Waals surface area contributed by atoms with E-state index in [0.717, 1.165) is 14.7 Å². The van der Waals surface area contributed by atoms with Crippen molar-refractivity contribution >= 4 is 28.8 Å². The molecule has 10 heteroatoms. The molecule has 0 aliphatic heterocycles. The lowest BCUT2D eigenvalue weighted by Gasteiger charge is -2.13. The third-order valence-electron chi connectivity index (χ3n) is 4.65. The Morgan fingerprint density at radius 2 is 1.62 bits per heavy atom. The highest BCUT2D eigenvalue weighted by Gasteiger charge is 2.16. The fourth-order valence-electron chi connectivity index (χ4n) is 3.11. The number of amides is 3. The van der Waals surface area contributed by atoms with Gasteiger partial charge in [-0.05, 0) is 24.6 Å². The summed E-state index contributed by atoms with van der Waals surface area (Å²) >= 11 is 0. The third-order valence-corrected chi connectivity index (χ3v) is 4.65. The lowest BCUT2D eigenvalue weighted by atomic mass is 10.2. The van der Waals surface area contributed by atoms with E-state index in [1.165, 1.54) is 0 Å². The number of benzene rings is 2. The van der Waals surface area contributed by atoms with Gasteiger partial charge in [-0.25, -0.2) is 9.59 Å². The number of carbonyl (C=O) groups excluding carboxylic acids is 3. The molecular weight excluding hydrogens is 416 g/mol. The van der Waals surface area contributed by atoms with E-state index in [1.54, 1.807) is 31.2 Å². The van der Waals surface area contributed by atoms with Crippen LogP contribution in [0.25, 0.3) is 10.9 Å². The van der Waals surface area contributed by atoms with Crippen molar-refractivity contribution in [3.8, 4) is 0 Å². The summed E-state index contributed by atoms with van der Waals surface area (Å²) in [5.74, 6) is -1.68. The second-order valence-electron chi connectivity index (χ2n) is 6.81. The fourth-order valence-corrected chi connectivity index (χ4v) is 3.11. The van der Waals surface area contributed by atoms with Crippen LogP contribution in [0.5, 0.6) is 0 Å². The molecule has 3 rings (SSSR count). The topological polar surface area (TPSA) is 128 Å². The number of esters is 1. The van der Waals surface area contributed by atoms with Crippen LogP contribution in [0.4, 0.5) is 4.79 Å². The van der Waals surface area contributed by atoms with E-state index in [9.17, 15) is 24.0 Å². The number of urea groups is 1. The smallest absolute Gasteiger partial charge is 0.332 e. The van der Waals surface area contributed by atoms with Crippen LogP contribution in [0, 0.1) is 0 Å². The number of nitrogens with one attached hydrogen (secondary N) is 2. The molecule has 0 saturated heterocycles. The van der Waals surface area contributed by atoms with E-state index in [1.807, 2.05) is 30.3 Å². The molecule has 0 radical (unpaired) electrons.